The Morgan fingerprint density at radius 1 is 1.00 bits per heavy atom. The Labute approximate surface area is 237 Å². The number of rotatable bonds is 13. The normalized spacial score (nSPS) is 13.1. The van der Waals surface area contributed by atoms with Crippen molar-refractivity contribution in [1.29, 1.82) is 0 Å². The standard InChI is InChI=1S/C28H39Cl2N3O4S/c1-7-21(5)31-28(35)26(8-2)32(18-22-11-12-23(29)17-25(22)30)27(34)10-9-13-33(38(6,36)37)24-15-19(3)14-20(4)16-24/h11-12,14-17,21,26H,7-10,13,18H2,1-6H3,(H,31,35). The molecule has 7 nitrogen and oxygen atoms in total. The van der Waals surface area contributed by atoms with Crippen LogP contribution < -0.4 is 9.62 Å². The van der Waals surface area contributed by atoms with Crippen LogP contribution in [0.3, 0.4) is 0 Å². The van der Waals surface area contributed by atoms with Crippen molar-refractivity contribution < 1.29 is 18.0 Å². The number of halogens is 2. The van der Waals surface area contributed by atoms with E-state index in [9.17, 15) is 18.0 Å². The van der Waals surface area contributed by atoms with E-state index < -0.39 is 16.1 Å². The summed E-state index contributed by atoms with van der Waals surface area (Å²) in [4.78, 5) is 28.2. The van der Waals surface area contributed by atoms with Crippen LogP contribution >= 0.6 is 23.2 Å². The smallest absolute Gasteiger partial charge is 0.243 e. The Balaban J connectivity index is 2.29. The third-order valence-electron chi connectivity index (χ3n) is 6.39. The number of nitrogens with zero attached hydrogens (tertiary/aromatic N) is 2. The second kappa shape index (κ2) is 14.2. The molecule has 2 amide bonds. The molecule has 2 aromatic carbocycles. The van der Waals surface area contributed by atoms with Gasteiger partial charge < -0.3 is 10.2 Å². The molecule has 0 radical (unpaired) electrons. The molecule has 0 aliphatic rings. The quantitative estimate of drug-likeness (QED) is 0.319. The molecular weight excluding hydrogens is 545 g/mol. The molecule has 2 rings (SSSR count). The second-order valence-electron chi connectivity index (χ2n) is 9.78. The minimum atomic E-state index is -3.56. The Morgan fingerprint density at radius 3 is 2.16 bits per heavy atom. The molecule has 0 saturated carbocycles. The van der Waals surface area contributed by atoms with Crippen molar-refractivity contribution in [2.24, 2.45) is 0 Å². The lowest BCUT2D eigenvalue weighted by molar-refractivity contribution is -0.141. The summed E-state index contributed by atoms with van der Waals surface area (Å²) in [7, 11) is -3.56. The van der Waals surface area contributed by atoms with Gasteiger partial charge in [0.05, 0.1) is 11.9 Å². The molecule has 38 heavy (non-hydrogen) atoms. The zero-order chi connectivity index (χ0) is 28.6. The van der Waals surface area contributed by atoms with Crippen molar-refractivity contribution in [3.8, 4) is 0 Å². The van der Waals surface area contributed by atoms with Gasteiger partial charge in [0.15, 0.2) is 0 Å². The predicted molar refractivity (Wildman–Crippen MR) is 156 cm³/mol. The minimum absolute atomic E-state index is 0.0336. The molecule has 0 saturated heterocycles. The Morgan fingerprint density at radius 2 is 1.63 bits per heavy atom. The van der Waals surface area contributed by atoms with Crippen LogP contribution in [0.5, 0.6) is 0 Å². The topological polar surface area (TPSA) is 86.8 Å². The molecule has 0 heterocycles. The number of hydrogen-bond acceptors (Lipinski definition) is 4. The monoisotopic (exact) mass is 583 g/mol. The first-order chi connectivity index (χ1) is 17.8. The van der Waals surface area contributed by atoms with E-state index >= 15 is 0 Å². The molecular formula is C28H39Cl2N3O4S. The molecule has 0 bridgehead atoms. The average molecular weight is 585 g/mol. The zero-order valence-electron chi connectivity index (χ0n) is 23.1. The molecule has 2 unspecified atom stereocenters. The highest BCUT2D eigenvalue weighted by Gasteiger charge is 2.30. The molecule has 0 aliphatic heterocycles. The number of sulfonamides is 1. The fourth-order valence-corrected chi connectivity index (χ4v) is 5.71. The highest BCUT2D eigenvalue weighted by molar-refractivity contribution is 7.92. The lowest BCUT2D eigenvalue weighted by atomic mass is 10.1. The summed E-state index contributed by atoms with van der Waals surface area (Å²) in [6.07, 6.45) is 2.69. The average Bonchev–Trinajstić information content (AvgIpc) is 2.81. The van der Waals surface area contributed by atoms with Crippen LogP contribution in [-0.4, -0.2) is 50.0 Å². The van der Waals surface area contributed by atoms with E-state index in [2.05, 4.69) is 5.32 Å². The minimum Gasteiger partial charge on any atom is -0.352 e. The van der Waals surface area contributed by atoms with E-state index in [-0.39, 0.29) is 43.8 Å². The van der Waals surface area contributed by atoms with Gasteiger partial charge in [-0.05, 0) is 81.0 Å². The van der Waals surface area contributed by atoms with Crippen molar-refractivity contribution in [3.63, 3.8) is 0 Å². The maximum Gasteiger partial charge on any atom is 0.243 e. The predicted octanol–water partition coefficient (Wildman–Crippen LogP) is 5.88. The van der Waals surface area contributed by atoms with E-state index in [0.29, 0.717) is 27.7 Å². The summed E-state index contributed by atoms with van der Waals surface area (Å²) >= 11 is 12.5. The molecule has 10 heteroatoms. The third kappa shape index (κ3) is 9.17. The van der Waals surface area contributed by atoms with Crippen LogP contribution in [0.25, 0.3) is 0 Å². The van der Waals surface area contributed by atoms with Crippen LogP contribution in [-0.2, 0) is 26.2 Å². The van der Waals surface area contributed by atoms with Gasteiger partial charge in [0.25, 0.3) is 0 Å². The molecule has 210 valence electrons. The number of amides is 2. The first-order valence-electron chi connectivity index (χ1n) is 12.9. The maximum absolute atomic E-state index is 13.6. The van der Waals surface area contributed by atoms with Gasteiger partial charge in [-0.25, -0.2) is 8.42 Å². The summed E-state index contributed by atoms with van der Waals surface area (Å²) in [6.45, 7) is 9.85. The largest absolute Gasteiger partial charge is 0.352 e. The van der Waals surface area contributed by atoms with Crippen molar-refractivity contribution in [3.05, 3.63) is 63.1 Å². The third-order valence-corrected chi connectivity index (χ3v) is 8.17. The Hall–Kier alpha value is -2.29. The highest BCUT2D eigenvalue weighted by Crippen LogP contribution is 2.25. The lowest BCUT2D eigenvalue weighted by Gasteiger charge is -2.32. The van der Waals surface area contributed by atoms with Crippen molar-refractivity contribution >= 4 is 50.7 Å². The summed E-state index contributed by atoms with van der Waals surface area (Å²) in [5, 5.41) is 3.86. The lowest BCUT2D eigenvalue weighted by Crippen LogP contribution is -2.50. The van der Waals surface area contributed by atoms with E-state index in [0.717, 1.165) is 23.8 Å². The van der Waals surface area contributed by atoms with Crippen LogP contribution in [0.15, 0.2) is 36.4 Å². The summed E-state index contributed by atoms with van der Waals surface area (Å²) in [5.41, 5.74) is 3.15. The first-order valence-corrected chi connectivity index (χ1v) is 15.5. The van der Waals surface area contributed by atoms with Crippen LogP contribution in [0.1, 0.15) is 63.1 Å². The number of hydrogen-bond donors (Lipinski definition) is 1. The molecule has 0 aliphatic carbocycles. The van der Waals surface area contributed by atoms with Gasteiger partial charge in [-0.3, -0.25) is 13.9 Å². The van der Waals surface area contributed by atoms with Crippen molar-refractivity contribution in [2.45, 2.75) is 78.9 Å². The zero-order valence-corrected chi connectivity index (χ0v) is 25.4. The number of nitrogens with one attached hydrogen (secondary N) is 1. The SMILES string of the molecule is CCC(C)NC(=O)C(CC)N(Cc1ccc(Cl)cc1Cl)C(=O)CCCN(c1cc(C)cc(C)c1)S(C)(=O)=O. The fourth-order valence-electron chi connectivity index (χ4n) is 4.29. The van der Waals surface area contributed by atoms with Gasteiger partial charge in [0.1, 0.15) is 6.04 Å². The molecule has 1 N–H and O–H groups in total. The first kappa shape index (κ1) is 31.9. The van der Waals surface area contributed by atoms with E-state index in [1.54, 1.807) is 18.2 Å². The number of benzene rings is 2. The molecule has 2 aromatic rings. The van der Waals surface area contributed by atoms with Crippen LogP contribution in [0.2, 0.25) is 10.0 Å². The maximum atomic E-state index is 13.6. The number of aryl methyl sites for hydroxylation is 2. The van der Waals surface area contributed by atoms with Crippen LogP contribution in [0, 0.1) is 13.8 Å². The van der Waals surface area contributed by atoms with Crippen molar-refractivity contribution in [2.75, 3.05) is 17.1 Å². The van der Waals surface area contributed by atoms with E-state index in [1.165, 1.54) is 9.21 Å². The Kier molecular flexibility index (Phi) is 11.9. The number of anilines is 1. The highest BCUT2D eigenvalue weighted by atomic mass is 35.5. The molecule has 0 spiro atoms. The van der Waals surface area contributed by atoms with Crippen LogP contribution in [0.4, 0.5) is 5.69 Å². The van der Waals surface area contributed by atoms with E-state index in [1.807, 2.05) is 52.8 Å². The van der Waals surface area contributed by atoms with Gasteiger partial charge >= 0.3 is 0 Å². The summed E-state index contributed by atoms with van der Waals surface area (Å²) in [5.74, 6) is -0.482. The second-order valence-corrected chi connectivity index (χ2v) is 12.5. The molecule has 0 aromatic heterocycles. The number of carbonyl (C=O) groups excluding carboxylic acids is 2. The van der Waals surface area contributed by atoms with Gasteiger partial charge in [-0.15, -0.1) is 0 Å². The van der Waals surface area contributed by atoms with E-state index in [4.69, 9.17) is 23.2 Å². The Bertz CT molecular complexity index is 1220. The van der Waals surface area contributed by atoms with Gasteiger partial charge in [0.2, 0.25) is 21.8 Å². The fraction of sp³-hybridized carbons (Fsp3) is 0.500. The van der Waals surface area contributed by atoms with Gasteiger partial charge in [-0.1, -0.05) is 49.2 Å². The number of carbonyl (C=O) groups is 2. The summed E-state index contributed by atoms with van der Waals surface area (Å²) < 4.78 is 26.5. The van der Waals surface area contributed by atoms with Crippen molar-refractivity contribution in [1.82, 2.24) is 10.2 Å². The van der Waals surface area contributed by atoms with Gasteiger partial charge in [0, 0.05) is 35.6 Å². The summed E-state index contributed by atoms with van der Waals surface area (Å²) in [6, 6.07) is 9.92. The molecule has 2 atom stereocenters. The van der Waals surface area contributed by atoms with Gasteiger partial charge in [-0.2, -0.15) is 0 Å². The molecule has 0 fully saturated rings.